The summed E-state index contributed by atoms with van der Waals surface area (Å²) in [5, 5.41) is 19.7. The summed E-state index contributed by atoms with van der Waals surface area (Å²) in [5.74, 6) is -0.742. The average Bonchev–Trinajstić information content (AvgIpc) is 3.13. The minimum Gasteiger partial charge on any atom is -0.490 e. The van der Waals surface area contributed by atoms with Crippen LogP contribution < -0.4 is 4.74 Å². The highest BCUT2D eigenvalue weighted by Gasteiger charge is 2.37. The van der Waals surface area contributed by atoms with Gasteiger partial charge in [-0.05, 0) is 31.4 Å². The lowest BCUT2D eigenvalue weighted by atomic mass is 10.0. The fourth-order valence-electron chi connectivity index (χ4n) is 3.72. The van der Waals surface area contributed by atoms with Crippen LogP contribution >= 0.6 is 0 Å². The molecule has 0 unspecified atom stereocenters. The van der Waals surface area contributed by atoms with Crippen molar-refractivity contribution in [2.24, 2.45) is 11.8 Å². The van der Waals surface area contributed by atoms with Crippen molar-refractivity contribution in [3.63, 3.8) is 0 Å². The van der Waals surface area contributed by atoms with Gasteiger partial charge in [-0.2, -0.15) is 0 Å². The number of carboxylic acids is 1. The summed E-state index contributed by atoms with van der Waals surface area (Å²) in [6.45, 7) is 1.18. The van der Waals surface area contributed by atoms with Gasteiger partial charge >= 0.3 is 5.97 Å². The number of benzene rings is 1. The molecule has 1 saturated carbocycles. The van der Waals surface area contributed by atoms with Crippen LogP contribution in [0.15, 0.2) is 24.3 Å². The number of ether oxygens (including phenoxy) is 1. The number of amides is 1. The zero-order valence-corrected chi connectivity index (χ0v) is 14.4. The number of carbonyl (C=O) groups is 2. The second-order valence-corrected chi connectivity index (χ2v) is 6.94. The Morgan fingerprint density at radius 1 is 1.08 bits per heavy atom. The predicted octanol–water partition coefficient (Wildman–Crippen LogP) is 2.47. The Labute approximate surface area is 150 Å². The molecular weight excluding hydrogens is 340 g/mol. The quantitative estimate of drug-likeness (QED) is 0.636. The van der Waals surface area contributed by atoms with E-state index in [2.05, 4.69) is 0 Å². The van der Waals surface area contributed by atoms with Crippen molar-refractivity contribution in [1.82, 2.24) is 4.90 Å². The fourth-order valence-corrected chi connectivity index (χ4v) is 3.72. The molecule has 0 bridgehead atoms. The highest BCUT2D eigenvalue weighted by atomic mass is 16.6. The summed E-state index contributed by atoms with van der Waals surface area (Å²) in [5.41, 5.74) is 0.0222. The van der Waals surface area contributed by atoms with Gasteiger partial charge in [-0.3, -0.25) is 19.7 Å². The molecule has 1 saturated heterocycles. The van der Waals surface area contributed by atoms with E-state index >= 15 is 0 Å². The van der Waals surface area contributed by atoms with Gasteiger partial charge in [0.1, 0.15) is 11.9 Å². The molecule has 0 spiro atoms. The molecule has 3 rings (SSSR count). The van der Waals surface area contributed by atoms with Gasteiger partial charge < -0.3 is 14.7 Å². The first-order chi connectivity index (χ1) is 12.4. The summed E-state index contributed by atoms with van der Waals surface area (Å²) in [7, 11) is 0. The largest absolute Gasteiger partial charge is 0.490 e. The number of carboxylic acid groups (broad SMARTS) is 1. The molecule has 0 radical (unpaired) electrons. The average molecular weight is 362 g/mol. The van der Waals surface area contributed by atoms with Crippen LogP contribution in [-0.4, -0.2) is 46.0 Å². The summed E-state index contributed by atoms with van der Waals surface area (Å²) in [6, 6.07) is 5.99. The van der Waals surface area contributed by atoms with Crippen molar-refractivity contribution in [1.29, 1.82) is 0 Å². The van der Waals surface area contributed by atoms with Crippen LogP contribution in [0.3, 0.4) is 0 Å². The van der Waals surface area contributed by atoms with Crippen molar-refractivity contribution in [3.05, 3.63) is 34.4 Å². The van der Waals surface area contributed by atoms with Crippen molar-refractivity contribution in [3.8, 4) is 5.75 Å². The van der Waals surface area contributed by atoms with Crippen molar-refractivity contribution < 1.29 is 24.4 Å². The van der Waals surface area contributed by atoms with E-state index in [1.165, 1.54) is 12.1 Å². The van der Waals surface area contributed by atoms with E-state index in [1.807, 2.05) is 4.90 Å². The molecule has 1 aliphatic carbocycles. The van der Waals surface area contributed by atoms with Gasteiger partial charge in [-0.1, -0.05) is 0 Å². The molecule has 1 aromatic carbocycles. The van der Waals surface area contributed by atoms with E-state index in [0.717, 1.165) is 0 Å². The molecule has 1 N–H and O–H groups in total. The zero-order valence-electron chi connectivity index (χ0n) is 14.4. The van der Waals surface area contributed by atoms with E-state index in [9.17, 15) is 19.7 Å². The summed E-state index contributed by atoms with van der Waals surface area (Å²) < 4.78 is 5.85. The first kappa shape index (κ1) is 18.2. The monoisotopic (exact) mass is 362 g/mol. The maximum Gasteiger partial charge on any atom is 0.306 e. The minimum atomic E-state index is -0.810. The normalized spacial score (nSPS) is 23.6. The molecule has 8 nitrogen and oxygen atoms in total. The van der Waals surface area contributed by atoms with E-state index in [4.69, 9.17) is 9.84 Å². The number of aliphatic carboxylic acids is 1. The Kier molecular flexibility index (Phi) is 5.39. The number of hydrogen-bond donors (Lipinski definition) is 1. The van der Waals surface area contributed by atoms with Gasteiger partial charge in [-0.25, -0.2) is 0 Å². The van der Waals surface area contributed by atoms with Crippen LogP contribution in [0, 0.1) is 22.0 Å². The second kappa shape index (κ2) is 7.72. The maximum absolute atomic E-state index is 12.6. The molecule has 1 amide bonds. The van der Waals surface area contributed by atoms with Crippen LogP contribution in [0.2, 0.25) is 0 Å². The number of nitro groups is 1. The molecule has 140 valence electrons. The minimum absolute atomic E-state index is 0.0222. The van der Waals surface area contributed by atoms with Crippen LogP contribution in [0.1, 0.15) is 32.1 Å². The molecule has 0 aromatic heterocycles. The lowest BCUT2D eigenvalue weighted by Gasteiger charge is -2.33. The standard InChI is InChI=1S/C18H22N2O6/c21-17(12-1-2-13(11-12)18(22)23)19-9-7-16(8-10-19)26-15-5-3-14(4-6-15)20(24)25/h3-6,12-13,16H,1-2,7-11H2,(H,22,23)/t12-,13+/m0/s1. The highest BCUT2D eigenvalue weighted by Crippen LogP contribution is 2.33. The van der Waals surface area contributed by atoms with E-state index < -0.39 is 16.8 Å². The second-order valence-electron chi connectivity index (χ2n) is 6.94. The van der Waals surface area contributed by atoms with Gasteiger partial charge in [-0.15, -0.1) is 0 Å². The third-order valence-corrected chi connectivity index (χ3v) is 5.24. The first-order valence-corrected chi connectivity index (χ1v) is 8.86. The zero-order chi connectivity index (χ0) is 18.7. The molecule has 26 heavy (non-hydrogen) atoms. The van der Waals surface area contributed by atoms with Crippen LogP contribution in [-0.2, 0) is 9.59 Å². The summed E-state index contributed by atoms with van der Waals surface area (Å²) >= 11 is 0. The first-order valence-electron chi connectivity index (χ1n) is 8.86. The fraction of sp³-hybridized carbons (Fsp3) is 0.556. The lowest BCUT2D eigenvalue weighted by Crippen LogP contribution is -2.44. The van der Waals surface area contributed by atoms with Gasteiger partial charge in [0, 0.05) is 44.0 Å². The summed E-state index contributed by atoms with van der Waals surface area (Å²) in [4.78, 5) is 35.6. The number of rotatable bonds is 5. The van der Waals surface area contributed by atoms with Crippen LogP contribution in [0.25, 0.3) is 0 Å². The summed E-state index contributed by atoms with van der Waals surface area (Å²) in [6.07, 6.45) is 3.01. The number of non-ortho nitro benzene ring substituents is 1. The Morgan fingerprint density at radius 2 is 1.69 bits per heavy atom. The molecule has 8 heteroatoms. The molecule has 2 fully saturated rings. The van der Waals surface area contributed by atoms with Crippen LogP contribution in [0.5, 0.6) is 5.75 Å². The van der Waals surface area contributed by atoms with Gasteiger partial charge in [0.25, 0.3) is 5.69 Å². The third kappa shape index (κ3) is 4.12. The number of nitrogens with zero attached hydrogens (tertiary/aromatic N) is 2. The van der Waals surface area contributed by atoms with Crippen molar-refractivity contribution in [2.75, 3.05) is 13.1 Å². The van der Waals surface area contributed by atoms with Gasteiger partial charge in [0.2, 0.25) is 5.91 Å². The molecule has 2 aliphatic rings. The van der Waals surface area contributed by atoms with E-state index in [-0.39, 0.29) is 23.6 Å². The van der Waals surface area contributed by atoms with E-state index in [0.29, 0.717) is 50.9 Å². The predicted molar refractivity (Wildman–Crippen MR) is 91.8 cm³/mol. The molecule has 2 atom stereocenters. The third-order valence-electron chi connectivity index (χ3n) is 5.24. The number of nitro benzene ring substituents is 1. The lowest BCUT2D eigenvalue weighted by molar-refractivity contribution is -0.384. The van der Waals surface area contributed by atoms with Crippen LogP contribution in [0.4, 0.5) is 5.69 Å². The van der Waals surface area contributed by atoms with Gasteiger partial charge in [0.05, 0.1) is 10.8 Å². The number of likely N-dealkylation sites (tertiary alicyclic amines) is 1. The maximum atomic E-state index is 12.6. The Morgan fingerprint density at radius 3 is 2.23 bits per heavy atom. The smallest absolute Gasteiger partial charge is 0.306 e. The molecular formula is C18H22N2O6. The Balaban J connectivity index is 1.47. The molecule has 1 aliphatic heterocycles. The number of hydrogen-bond acceptors (Lipinski definition) is 5. The number of carbonyl (C=O) groups excluding carboxylic acids is 1. The highest BCUT2D eigenvalue weighted by molar-refractivity contribution is 5.81. The Bertz CT molecular complexity index is 681. The molecule has 1 aromatic rings. The van der Waals surface area contributed by atoms with Gasteiger partial charge in [0.15, 0.2) is 0 Å². The molecule has 1 heterocycles. The van der Waals surface area contributed by atoms with Crippen molar-refractivity contribution in [2.45, 2.75) is 38.2 Å². The van der Waals surface area contributed by atoms with E-state index in [1.54, 1.807) is 12.1 Å². The van der Waals surface area contributed by atoms with Crippen molar-refractivity contribution >= 4 is 17.6 Å². The topological polar surface area (TPSA) is 110 Å². The SMILES string of the molecule is O=C(O)[C@@H]1CC[C@H](C(=O)N2CCC(Oc3ccc([N+](=O)[O-])cc3)CC2)C1. The Hall–Kier alpha value is -2.64. The number of piperidine rings is 1.